The summed E-state index contributed by atoms with van der Waals surface area (Å²) in [5, 5.41) is 9.75. The number of aliphatic imine (C=N–C) groups is 1. The average molecular weight is 503 g/mol. The number of hydrogen-bond acceptors (Lipinski definition) is 7. The summed E-state index contributed by atoms with van der Waals surface area (Å²) >= 11 is 0. The summed E-state index contributed by atoms with van der Waals surface area (Å²) in [5.74, 6) is 1.75. The second-order valence-electron chi connectivity index (χ2n) is 10.6. The number of nitrogens with zero attached hydrogens (tertiary/aromatic N) is 3. The highest BCUT2D eigenvalue weighted by Crippen LogP contribution is 2.46. The summed E-state index contributed by atoms with van der Waals surface area (Å²) in [7, 11) is 3.22. The normalized spacial score (nSPS) is 22.1. The van der Waals surface area contributed by atoms with Crippen molar-refractivity contribution in [3.05, 3.63) is 83.1 Å². The SMILES string of the molecule is COC1=CC(OC)=NN2C1=NC(c1ccc(C3(NC(=O)OC(C)(C)C)CCC3)cc1)C2c1ccccc1. The summed E-state index contributed by atoms with van der Waals surface area (Å²) in [4.78, 5) is 17.6. The average Bonchev–Trinajstić information content (AvgIpc) is 3.24. The Kier molecular flexibility index (Phi) is 6.43. The summed E-state index contributed by atoms with van der Waals surface area (Å²) in [6.45, 7) is 5.62. The second kappa shape index (κ2) is 9.57. The molecule has 0 saturated heterocycles. The van der Waals surface area contributed by atoms with Gasteiger partial charge in [-0.3, -0.25) is 4.99 Å². The van der Waals surface area contributed by atoms with Gasteiger partial charge in [-0.1, -0.05) is 54.6 Å². The first-order valence-corrected chi connectivity index (χ1v) is 12.7. The number of amidine groups is 1. The summed E-state index contributed by atoms with van der Waals surface area (Å²) in [6, 6.07) is 18.3. The molecule has 8 heteroatoms. The molecule has 0 aromatic heterocycles. The summed E-state index contributed by atoms with van der Waals surface area (Å²) in [5.41, 5.74) is 2.28. The van der Waals surface area contributed by atoms with Gasteiger partial charge in [-0.2, -0.15) is 0 Å². The fourth-order valence-electron chi connectivity index (χ4n) is 5.12. The van der Waals surface area contributed by atoms with Crippen LogP contribution in [0.2, 0.25) is 0 Å². The quantitative estimate of drug-likeness (QED) is 0.576. The monoisotopic (exact) mass is 502 g/mol. The van der Waals surface area contributed by atoms with E-state index >= 15 is 0 Å². The Hall–Kier alpha value is -3.81. The Morgan fingerprint density at radius 1 is 1.00 bits per heavy atom. The number of nitrogens with one attached hydrogen (secondary N) is 1. The van der Waals surface area contributed by atoms with Gasteiger partial charge in [0, 0.05) is 6.08 Å². The Morgan fingerprint density at radius 2 is 1.70 bits per heavy atom. The number of amides is 1. The molecule has 2 atom stereocenters. The zero-order valence-electron chi connectivity index (χ0n) is 22.0. The summed E-state index contributed by atoms with van der Waals surface area (Å²) in [6.07, 6.45) is 4.20. The van der Waals surface area contributed by atoms with Crippen LogP contribution in [0, 0.1) is 0 Å². The van der Waals surface area contributed by atoms with E-state index in [4.69, 9.17) is 24.3 Å². The number of carbonyl (C=O) groups is 1. The zero-order valence-corrected chi connectivity index (χ0v) is 22.0. The number of carbonyl (C=O) groups excluding carboxylic acids is 1. The highest BCUT2D eigenvalue weighted by Gasteiger charge is 2.44. The van der Waals surface area contributed by atoms with E-state index in [9.17, 15) is 4.79 Å². The second-order valence-corrected chi connectivity index (χ2v) is 10.6. The van der Waals surface area contributed by atoms with E-state index in [1.165, 1.54) is 0 Å². The van der Waals surface area contributed by atoms with Crippen molar-refractivity contribution < 1.29 is 19.0 Å². The van der Waals surface area contributed by atoms with Crippen LogP contribution in [0.3, 0.4) is 0 Å². The highest BCUT2D eigenvalue weighted by atomic mass is 16.6. The van der Waals surface area contributed by atoms with Crippen molar-refractivity contribution in [3.63, 3.8) is 0 Å². The number of benzene rings is 2. The van der Waals surface area contributed by atoms with Gasteiger partial charge in [0.1, 0.15) is 17.7 Å². The lowest BCUT2D eigenvalue weighted by atomic mass is 9.71. The number of fused-ring (bicyclic) bond motifs is 1. The van der Waals surface area contributed by atoms with Crippen molar-refractivity contribution >= 4 is 17.8 Å². The Balaban J connectivity index is 1.47. The van der Waals surface area contributed by atoms with Crippen molar-refractivity contribution in [2.24, 2.45) is 10.1 Å². The van der Waals surface area contributed by atoms with Crippen LogP contribution in [0.5, 0.6) is 0 Å². The topological polar surface area (TPSA) is 84.8 Å². The van der Waals surface area contributed by atoms with Crippen LogP contribution in [0.1, 0.15) is 68.8 Å². The van der Waals surface area contributed by atoms with Crippen molar-refractivity contribution in [1.29, 1.82) is 0 Å². The first-order chi connectivity index (χ1) is 17.7. The molecule has 37 heavy (non-hydrogen) atoms. The van der Waals surface area contributed by atoms with Gasteiger partial charge in [0.15, 0.2) is 11.6 Å². The molecule has 3 aliphatic rings. The minimum atomic E-state index is -0.542. The fraction of sp³-hybridized carbons (Fsp3) is 0.414. The molecular formula is C29H34N4O4. The Labute approximate surface area is 218 Å². The molecule has 1 saturated carbocycles. The van der Waals surface area contributed by atoms with Gasteiger partial charge in [-0.05, 0) is 56.7 Å². The van der Waals surface area contributed by atoms with Gasteiger partial charge >= 0.3 is 6.09 Å². The van der Waals surface area contributed by atoms with Crippen LogP contribution < -0.4 is 5.32 Å². The van der Waals surface area contributed by atoms with E-state index < -0.39 is 11.1 Å². The Bertz CT molecular complexity index is 1240. The van der Waals surface area contributed by atoms with Crippen LogP contribution in [0.25, 0.3) is 0 Å². The molecular weight excluding hydrogens is 468 g/mol. The minimum absolute atomic E-state index is 0.163. The molecule has 2 aliphatic heterocycles. The number of alkyl carbamates (subject to hydrolysis) is 1. The fourth-order valence-corrected chi connectivity index (χ4v) is 5.12. The molecule has 1 aliphatic carbocycles. The third-order valence-electron chi connectivity index (χ3n) is 7.04. The number of methoxy groups -OCH3 is 2. The standard InChI is InChI=1S/C29H34N4O4/c1-28(2,3)37-27(34)31-29(16-9-17-29)21-14-12-19(13-15-21)24-25(20-10-7-6-8-11-20)33-26(30-24)22(35-4)18-23(32-33)36-5/h6-8,10-15,18,24-25H,9,16-17H2,1-5H3,(H,31,34). The molecule has 1 fully saturated rings. The third-order valence-corrected chi connectivity index (χ3v) is 7.04. The first kappa shape index (κ1) is 24.9. The van der Waals surface area contributed by atoms with Gasteiger partial charge in [0.25, 0.3) is 0 Å². The molecule has 2 aromatic carbocycles. The van der Waals surface area contributed by atoms with Crippen LogP contribution in [0.15, 0.2) is 76.5 Å². The lowest BCUT2D eigenvalue weighted by molar-refractivity contribution is 0.0377. The van der Waals surface area contributed by atoms with Crippen molar-refractivity contribution in [2.45, 2.75) is 63.3 Å². The smallest absolute Gasteiger partial charge is 0.408 e. The van der Waals surface area contributed by atoms with Crippen molar-refractivity contribution in [3.8, 4) is 0 Å². The largest absolute Gasteiger partial charge is 0.493 e. The predicted octanol–water partition coefficient (Wildman–Crippen LogP) is 5.59. The van der Waals surface area contributed by atoms with E-state index in [0.717, 1.165) is 36.0 Å². The lowest BCUT2D eigenvalue weighted by Crippen LogP contribution is -2.52. The molecule has 0 bridgehead atoms. The maximum absolute atomic E-state index is 12.6. The van der Waals surface area contributed by atoms with Crippen LogP contribution in [0.4, 0.5) is 4.79 Å². The Morgan fingerprint density at radius 3 is 2.27 bits per heavy atom. The zero-order chi connectivity index (χ0) is 26.2. The summed E-state index contributed by atoms with van der Waals surface area (Å²) < 4.78 is 16.6. The van der Waals surface area contributed by atoms with E-state index in [1.807, 2.05) is 44.0 Å². The van der Waals surface area contributed by atoms with E-state index in [2.05, 4.69) is 41.7 Å². The third kappa shape index (κ3) is 4.80. The van der Waals surface area contributed by atoms with Gasteiger partial charge < -0.3 is 19.5 Å². The number of rotatable bonds is 5. The molecule has 0 radical (unpaired) electrons. The van der Waals surface area contributed by atoms with Crippen LogP contribution in [-0.4, -0.2) is 42.7 Å². The molecule has 194 valence electrons. The van der Waals surface area contributed by atoms with E-state index in [-0.39, 0.29) is 18.2 Å². The van der Waals surface area contributed by atoms with E-state index in [1.54, 1.807) is 20.3 Å². The molecule has 8 nitrogen and oxygen atoms in total. The van der Waals surface area contributed by atoms with Crippen molar-refractivity contribution in [1.82, 2.24) is 10.3 Å². The molecule has 5 rings (SSSR count). The molecule has 1 amide bonds. The number of ether oxygens (including phenoxy) is 3. The molecule has 2 unspecified atom stereocenters. The lowest BCUT2D eigenvalue weighted by Gasteiger charge is -2.43. The molecule has 0 spiro atoms. The van der Waals surface area contributed by atoms with Gasteiger partial charge in [-0.25, -0.2) is 9.80 Å². The maximum atomic E-state index is 12.6. The number of hydrogen-bond donors (Lipinski definition) is 1. The highest BCUT2D eigenvalue weighted by molar-refractivity contribution is 6.06. The maximum Gasteiger partial charge on any atom is 0.408 e. The molecule has 2 heterocycles. The number of hydrazone groups is 1. The van der Waals surface area contributed by atoms with E-state index in [0.29, 0.717) is 17.5 Å². The van der Waals surface area contributed by atoms with Crippen LogP contribution >= 0.6 is 0 Å². The van der Waals surface area contributed by atoms with Gasteiger partial charge in [0.05, 0.1) is 19.8 Å². The van der Waals surface area contributed by atoms with Gasteiger partial charge in [-0.15, -0.1) is 5.10 Å². The minimum Gasteiger partial charge on any atom is -0.493 e. The van der Waals surface area contributed by atoms with Crippen LogP contribution in [-0.2, 0) is 19.7 Å². The first-order valence-electron chi connectivity index (χ1n) is 12.7. The predicted molar refractivity (Wildman–Crippen MR) is 142 cm³/mol. The van der Waals surface area contributed by atoms with Gasteiger partial charge in [0.2, 0.25) is 5.90 Å². The molecule has 2 aromatic rings. The molecule has 1 N–H and O–H groups in total. The van der Waals surface area contributed by atoms with Crippen molar-refractivity contribution in [2.75, 3.05) is 14.2 Å².